The smallest absolute Gasteiger partial charge is 0.411 e. The van der Waals surface area contributed by atoms with Crippen LogP contribution in [0.5, 0.6) is 0 Å². The van der Waals surface area contributed by atoms with Crippen molar-refractivity contribution in [1.29, 1.82) is 0 Å². The normalized spacial score (nSPS) is 15.2. The average molecular weight is 322 g/mol. The number of aromatic nitrogens is 2. The highest BCUT2D eigenvalue weighted by atomic mass is 32.2. The average Bonchev–Trinajstić information content (AvgIpc) is 3.16. The number of carboxylic acid groups (broad SMARTS) is 1. The van der Waals surface area contributed by atoms with Gasteiger partial charge >= 0.3 is 12.1 Å². The van der Waals surface area contributed by atoms with E-state index in [0.717, 1.165) is 24.6 Å². The van der Waals surface area contributed by atoms with Crippen LogP contribution in [0, 0.1) is 6.92 Å². The van der Waals surface area contributed by atoms with Gasteiger partial charge in [0.05, 0.1) is 11.6 Å². The number of alkyl halides is 3. The van der Waals surface area contributed by atoms with Gasteiger partial charge in [-0.15, -0.1) is 0 Å². The van der Waals surface area contributed by atoms with Crippen LogP contribution in [-0.2, 0) is 4.74 Å². The summed E-state index contributed by atoms with van der Waals surface area (Å²) in [4.78, 5) is 19.5. The molecule has 0 amide bonds. The lowest BCUT2D eigenvalue weighted by atomic mass is 10.2. The maximum atomic E-state index is 12.0. The van der Waals surface area contributed by atoms with Crippen molar-refractivity contribution in [3.8, 4) is 0 Å². The summed E-state index contributed by atoms with van der Waals surface area (Å²) in [6, 6.07) is 0. The number of carboxylic acids is 1. The van der Waals surface area contributed by atoms with Crippen LogP contribution >= 0.6 is 11.8 Å². The molecule has 0 spiro atoms. The largest absolute Gasteiger partial charge is 0.478 e. The van der Waals surface area contributed by atoms with Gasteiger partial charge in [-0.3, -0.25) is 0 Å². The Morgan fingerprint density at radius 1 is 1.43 bits per heavy atom. The van der Waals surface area contributed by atoms with E-state index in [9.17, 15) is 18.0 Å². The van der Waals surface area contributed by atoms with Gasteiger partial charge < -0.3 is 9.84 Å². The number of carbonyl (C=O) groups is 1. The fraction of sp³-hybridized carbons (Fsp3) is 0.583. The minimum Gasteiger partial charge on any atom is -0.478 e. The van der Waals surface area contributed by atoms with Crippen LogP contribution in [0.25, 0.3) is 0 Å². The third-order valence-corrected chi connectivity index (χ3v) is 3.63. The summed E-state index contributed by atoms with van der Waals surface area (Å²) in [5, 5.41) is 9.32. The summed E-state index contributed by atoms with van der Waals surface area (Å²) < 4.78 is 40.4. The Labute approximate surface area is 122 Å². The number of hydrogen-bond acceptors (Lipinski definition) is 5. The summed E-state index contributed by atoms with van der Waals surface area (Å²) in [5.41, 5.74) is 0.234. The summed E-state index contributed by atoms with van der Waals surface area (Å²) in [6.07, 6.45) is -2.52. The van der Waals surface area contributed by atoms with Crippen molar-refractivity contribution < 1.29 is 27.8 Å². The molecule has 0 aliphatic heterocycles. The molecule has 1 fully saturated rings. The Bertz CT molecular complexity index is 547. The fourth-order valence-electron chi connectivity index (χ4n) is 1.70. The molecule has 0 radical (unpaired) electrons. The van der Waals surface area contributed by atoms with Crippen LogP contribution in [0.2, 0.25) is 0 Å². The van der Waals surface area contributed by atoms with Crippen molar-refractivity contribution in [3.05, 3.63) is 17.1 Å². The number of halogens is 3. The molecule has 9 heteroatoms. The molecule has 0 aromatic carbocycles. The van der Waals surface area contributed by atoms with Crippen LogP contribution in [-0.4, -0.2) is 39.8 Å². The lowest BCUT2D eigenvalue weighted by Crippen LogP contribution is -2.17. The van der Waals surface area contributed by atoms with Gasteiger partial charge in [-0.1, -0.05) is 11.8 Å². The molecule has 1 heterocycles. The van der Waals surface area contributed by atoms with E-state index >= 15 is 0 Å². The van der Waals surface area contributed by atoms with E-state index in [1.807, 2.05) is 0 Å². The molecule has 0 unspecified atom stereocenters. The molecule has 1 saturated carbocycles. The van der Waals surface area contributed by atoms with Crippen molar-refractivity contribution in [2.24, 2.45) is 0 Å². The van der Waals surface area contributed by atoms with Gasteiger partial charge in [-0.25, -0.2) is 14.8 Å². The molecule has 1 aromatic heterocycles. The first-order valence-electron chi connectivity index (χ1n) is 6.17. The predicted octanol–water partition coefficient (Wildman–Crippen LogP) is 2.99. The first-order valence-corrected chi connectivity index (χ1v) is 7.15. The zero-order chi connectivity index (χ0) is 15.6. The zero-order valence-electron chi connectivity index (χ0n) is 11.1. The second-order valence-corrected chi connectivity index (χ2v) is 5.56. The van der Waals surface area contributed by atoms with Crippen molar-refractivity contribution in [2.45, 2.75) is 36.9 Å². The minimum atomic E-state index is -4.41. The van der Waals surface area contributed by atoms with E-state index in [2.05, 4.69) is 14.7 Å². The Morgan fingerprint density at radius 2 is 2.10 bits per heavy atom. The maximum Gasteiger partial charge on any atom is 0.411 e. The molecule has 0 saturated heterocycles. The Morgan fingerprint density at radius 3 is 2.62 bits per heavy atom. The molecular formula is C12H13F3N2O3S. The molecular weight excluding hydrogens is 309 g/mol. The van der Waals surface area contributed by atoms with Crippen LogP contribution < -0.4 is 0 Å². The molecule has 1 aromatic rings. The molecule has 21 heavy (non-hydrogen) atoms. The number of thioether (sulfide) groups is 1. The van der Waals surface area contributed by atoms with Crippen LogP contribution in [0.1, 0.15) is 40.6 Å². The van der Waals surface area contributed by atoms with Crippen molar-refractivity contribution in [2.75, 3.05) is 12.5 Å². The van der Waals surface area contributed by atoms with Gasteiger partial charge in [0.1, 0.15) is 23.0 Å². The minimum absolute atomic E-state index is 0.0833. The van der Waals surface area contributed by atoms with Crippen LogP contribution in [0.3, 0.4) is 0 Å². The topological polar surface area (TPSA) is 72.3 Å². The van der Waals surface area contributed by atoms with Gasteiger partial charge in [0.2, 0.25) is 0 Å². The number of aromatic carboxylic acids is 1. The highest BCUT2D eigenvalue weighted by Gasteiger charge is 2.30. The van der Waals surface area contributed by atoms with Gasteiger partial charge in [-0.05, 0) is 19.8 Å². The number of hydrogen-bond donors (Lipinski definition) is 1. The Balaban J connectivity index is 2.10. The van der Waals surface area contributed by atoms with E-state index < -0.39 is 18.8 Å². The van der Waals surface area contributed by atoms with E-state index in [0.29, 0.717) is 11.5 Å². The van der Waals surface area contributed by atoms with Crippen LogP contribution in [0.4, 0.5) is 13.2 Å². The Kier molecular flexibility index (Phi) is 4.72. The first-order chi connectivity index (χ1) is 9.78. The van der Waals surface area contributed by atoms with Gasteiger partial charge in [0, 0.05) is 5.92 Å². The number of nitrogens with zero attached hydrogens (tertiary/aromatic N) is 2. The van der Waals surface area contributed by atoms with E-state index in [-0.39, 0.29) is 22.4 Å². The number of rotatable bonds is 6. The molecule has 1 aliphatic carbocycles. The third kappa shape index (κ3) is 4.57. The molecule has 116 valence electrons. The number of ether oxygens (including phenoxy) is 1. The number of aryl methyl sites for hydroxylation is 1. The zero-order valence-corrected chi connectivity index (χ0v) is 11.9. The summed E-state index contributed by atoms with van der Waals surface area (Å²) in [5.74, 6) is -0.744. The maximum absolute atomic E-state index is 12.0. The van der Waals surface area contributed by atoms with Crippen LogP contribution in [0.15, 0.2) is 5.03 Å². The van der Waals surface area contributed by atoms with E-state index in [4.69, 9.17) is 5.11 Å². The monoisotopic (exact) mass is 322 g/mol. The van der Waals surface area contributed by atoms with Gasteiger partial charge in [0.25, 0.3) is 0 Å². The predicted molar refractivity (Wildman–Crippen MR) is 68.4 cm³/mol. The van der Waals surface area contributed by atoms with Gasteiger partial charge in [-0.2, -0.15) is 13.2 Å². The summed E-state index contributed by atoms with van der Waals surface area (Å²) >= 11 is 0.835. The van der Waals surface area contributed by atoms with Crippen molar-refractivity contribution >= 4 is 17.7 Å². The van der Waals surface area contributed by atoms with E-state index in [1.54, 1.807) is 6.92 Å². The molecule has 1 N–H and O–H groups in total. The third-order valence-electron chi connectivity index (χ3n) is 2.78. The quantitative estimate of drug-likeness (QED) is 0.376. The molecule has 0 atom stereocenters. The van der Waals surface area contributed by atoms with Crippen molar-refractivity contribution in [1.82, 2.24) is 9.97 Å². The SMILES string of the molecule is Cc1nc(C2CC2)nc(SCOCC(F)(F)F)c1C(=O)O. The lowest BCUT2D eigenvalue weighted by Gasteiger charge is -2.11. The lowest BCUT2D eigenvalue weighted by molar-refractivity contribution is -0.168. The van der Waals surface area contributed by atoms with Gasteiger partial charge in [0.15, 0.2) is 0 Å². The summed E-state index contributed by atoms with van der Waals surface area (Å²) in [7, 11) is 0. The van der Waals surface area contributed by atoms with Crippen molar-refractivity contribution in [3.63, 3.8) is 0 Å². The molecule has 5 nitrogen and oxygen atoms in total. The fourth-order valence-corrected chi connectivity index (χ4v) is 2.51. The summed E-state index contributed by atoms with van der Waals surface area (Å²) in [6.45, 7) is 0.180. The standard InChI is InChI=1S/C12H13F3N2O3S/c1-6-8(11(18)19)10(17-9(16-6)7-2-3-7)21-5-20-4-12(13,14)15/h7H,2-5H2,1H3,(H,18,19). The molecule has 2 rings (SSSR count). The first kappa shape index (κ1) is 16.0. The molecule has 1 aliphatic rings. The Hall–Kier alpha value is -1.35. The second-order valence-electron chi connectivity index (χ2n) is 4.65. The highest BCUT2D eigenvalue weighted by molar-refractivity contribution is 7.99. The van der Waals surface area contributed by atoms with E-state index in [1.165, 1.54) is 0 Å². The molecule has 0 bridgehead atoms. The second kappa shape index (κ2) is 6.18. The highest BCUT2D eigenvalue weighted by Crippen LogP contribution is 2.39.